The summed E-state index contributed by atoms with van der Waals surface area (Å²) in [6.07, 6.45) is 2.01. The minimum absolute atomic E-state index is 0.0745. The summed E-state index contributed by atoms with van der Waals surface area (Å²) >= 11 is 0. The van der Waals surface area contributed by atoms with Crippen LogP contribution in [-0.4, -0.2) is 39.2 Å². The molecule has 1 aromatic heterocycles. The molecule has 7 nitrogen and oxygen atoms in total. The minimum Gasteiger partial charge on any atom is -0.465 e. The number of hydrogen-bond acceptors (Lipinski definition) is 6. The number of amides is 1. The molecule has 1 amide bonds. The Morgan fingerprint density at radius 2 is 2.00 bits per heavy atom. The summed E-state index contributed by atoms with van der Waals surface area (Å²) in [5.41, 5.74) is 0.849. The summed E-state index contributed by atoms with van der Waals surface area (Å²) in [5, 5.41) is 11.9. The van der Waals surface area contributed by atoms with E-state index in [1.165, 1.54) is 13.2 Å². The van der Waals surface area contributed by atoms with Crippen LogP contribution in [0.2, 0.25) is 0 Å². The molecular formula is C20H20N2O5. The monoisotopic (exact) mass is 368 g/mol. The topological polar surface area (TPSA) is 102 Å². The van der Waals surface area contributed by atoms with Gasteiger partial charge in [-0.15, -0.1) is 0 Å². The van der Waals surface area contributed by atoms with Gasteiger partial charge in [0.25, 0.3) is 5.91 Å². The molecule has 0 bridgehead atoms. The van der Waals surface area contributed by atoms with Crippen LogP contribution in [0.5, 0.6) is 0 Å². The molecule has 1 N–H and O–H groups in total. The van der Waals surface area contributed by atoms with E-state index in [2.05, 4.69) is 5.32 Å². The van der Waals surface area contributed by atoms with Crippen molar-refractivity contribution in [1.82, 2.24) is 5.32 Å². The second-order valence-electron chi connectivity index (χ2n) is 5.51. The number of furan rings is 1. The molecule has 0 saturated carbocycles. The van der Waals surface area contributed by atoms with Gasteiger partial charge in [0.1, 0.15) is 23.2 Å². The van der Waals surface area contributed by atoms with Crippen LogP contribution in [0.25, 0.3) is 17.4 Å². The highest BCUT2D eigenvalue weighted by atomic mass is 16.5. The number of nitriles is 1. The van der Waals surface area contributed by atoms with Crippen LogP contribution in [0.4, 0.5) is 0 Å². The van der Waals surface area contributed by atoms with Crippen LogP contribution in [-0.2, 0) is 14.3 Å². The lowest BCUT2D eigenvalue weighted by atomic mass is 10.1. The number of rotatable bonds is 8. The first-order valence-electron chi connectivity index (χ1n) is 8.27. The third-order valence-electron chi connectivity index (χ3n) is 3.69. The van der Waals surface area contributed by atoms with Gasteiger partial charge in [0, 0.05) is 31.9 Å². The largest absolute Gasteiger partial charge is 0.465 e. The number of ether oxygens (including phenoxy) is 2. The summed E-state index contributed by atoms with van der Waals surface area (Å²) in [6.45, 7) is 0.925. The zero-order chi connectivity index (χ0) is 19.6. The summed E-state index contributed by atoms with van der Waals surface area (Å²) < 4.78 is 15.4. The van der Waals surface area contributed by atoms with E-state index in [-0.39, 0.29) is 5.57 Å². The van der Waals surface area contributed by atoms with E-state index < -0.39 is 11.9 Å². The SMILES string of the molecule is COCCCNC(=O)/C(C#N)=C/c1ccc(-c2ccccc2C(=O)OC)o1. The predicted octanol–water partition coefficient (Wildman–Crippen LogP) is 2.79. The van der Waals surface area contributed by atoms with Crippen LogP contribution in [0.1, 0.15) is 22.5 Å². The highest BCUT2D eigenvalue weighted by molar-refractivity contribution is 6.01. The normalized spacial score (nSPS) is 10.9. The molecule has 2 aromatic rings. The molecule has 1 aromatic carbocycles. The molecule has 0 radical (unpaired) electrons. The third-order valence-corrected chi connectivity index (χ3v) is 3.69. The van der Waals surface area contributed by atoms with Crippen LogP contribution in [0, 0.1) is 11.3 Å². The number of nitrogens with one attached hydrogen (secondary N) is 1. The Morgan fingerprint density at radius 1 is 1.22 bits per heavy atom. The first kappa shape index (κ1) is 19.9. The van der Waals surface area contributed by atoms with Gasteiger partial charge in [-0.2, -0.15) is 5.26 Å². The number of methoxy groups -OCH3 is 2. The molecule has 0 fully saturated rings. The highest BCUT2D eigenvalue weighted by Crippen LogP contribution is 2.27. The maximum Gasteiger partial charge on any atom is 0.338 e. The fourth-order valence-corrected chi connectivity index (χ4v) is 2.37. The van der Waals surface area contributed by atoms with Gasteiger partial charge in [-0.25, -0.2) is 4.79 Å². The van der Waals surface area contributed by atoms with E-state index in [4.69, 9.17) is 13.9 Å². The van der Waals surface area contributed by atoms with Crippen molar-refractivity contribution in [3.63, 3.8) is 0 Å². The standard InChI is InChI=1S/C20H20N2O5/c1-25-11-5-10-22-19(23)14(13-21)12-15-8-9-18(27-15)16-6-3-4-7-17(16)20(24)26-2/h3-4,6-9,12H,5,10-11H2,1-2H3,(H,22,23)/b14-12+. The first-order valence-corrected chi connectivity index (χ1v) is 8.27. The Kier molecular flexibility index (Phi) is 7.35. The van der Waals surface area contributed by atoms with E-state index in [1.54, 1.807) is 43.5 Å². The van der Waals surface area contributed by atoms with Gasteiger partial charge in [-0.3, -0.25) is 4.79 Å². The van der Waals surface area contributed by atoms with E-state index in [9.17, 15) is 14.9 Å². The van der Waals surface area contributed by atoms with Gasteiger partial charge in [0.05, 0.1) is 12.7 Å². The Bertz CT molecular complexity index is 876. The van der Waals surface area contributed by atoms with Crippen LogP contribution in [0.3, 0.4) is 0 Å². The molecule has 0 aliphatic heterocycles. The molecule has 0 spiro atoms. The molecule has 27 heavy (non-hydrogen) atoms. The predicted molar refractivity (Wildman–Crippen MR) is 98.6 cm³/mol. The molecule has 0 aliphatic rings. The summed E-state index contributed by atoms with van der Waals surface area (Å²) in [6, 6.07) is 12.0. The van der Waals surface area contributed by atoms with Crippen molar-refractivity contribution in [2.24, 2.45) is 0 Å². The summed E-state index contributed by atoms with van der Waals surface area (Å²) in [7, 11) is 2.88. The van der Waals surface area contributed by atoms with E-state index in [0.29, 0.717) is 42.2 Å². The minimum atomic E-state index is -0.485. The van der Waals surface area contributed by atoms with Gasteiger partial charge < -0.3 is 19.2 Å². The Balaban J connectivity index is 2.20. The fourth-order valence-electron chi connectivity index (χ4n) is 2.37. The second-order valence-corrected chi connectivity index (χ2v) is 5.51. The van der Waals surface area contributed by atoms with Gasteiger partial charge in [-0.1, -0.05) is 18.2 Å². The van der Waals surface area contributed by atoms with Crippen LogP contribution in [0.15, 0.2) is 46.4 Å². The van der Waals surface area contributed by atoms with Crippen molar-refractivity contribution < 1.29 is 23.5 Å². The summed E-state index contributed by atoms with van der Waals surface area (Å²) in [4.78, 5) is 23.9. The number of carbonyl (C=O) groups excluding carboxylic acids is 2. The molecule has 140 valence electrons. The van der Waals surface area contributed by atoms with Crippen molar-refractivity contribution in [2.45, 2.75) is 6.42 Å². The van der Waals surface area contributed by atoms with E-state index >= 15 is 0 Å². The lowest BCUT2D eigenvalue weighted by molar-refractivity contribution is -0.117. The number of benzene rings is 1. The maximum absolute atomic E-state index is 12.1. The average Bonchev–Trinajstić information content (AvgIpc) is 3.17. The molecule has 0 aliphatic carbocycles. The Labute approximate surface area is 157 Å². The number of esters is 1. The van der Waals surface area contributed by atoms with Crippen LogP contribution >= 0.6 is 0 Å². The lowest BCUT2D eigenvalue weighted by Gasteiger charge is -2.05. The molecule has 7 heteroatoms. The van der Waals surface area contributed by atoms with Gasteiger partial charge >= 0.3 is 5.97 Å². The zero-order valence-electron chi connectivity index (χ0n) is 15.2. The Morgan fingerprint density at radius 3 is 2.70 bits per heavy atom. The third kappa shape index (κ3) is 5.30. The van der Waals surface area contributed by atoms with Crippen molar-refractivity contribution in [1.29, 1.82) is 5.26 Å². The highest BCUT2D eigenvalue weighted by Gasteiger charge is 2.16. The van der Waals surface area contributed by atoms with Gasteiger partial charge in [0.2, 0.25) is 0 Å². The quantitative estimate of drug-likeness (QED) is 0.333. The van der Waals surface area contributed by atoms with Crippen LogP contribution < -0.4 is 5.32 Å². The molecule has 0 atom stereocenters. The number of nitrogens with zero attached hydrogens (tertiary/aromatic N) is 1. The average molecular weight is 368 g/mol. The molecular weight excluding hydrogens is 348 g/mol. The lowest BCUT2D eigenvalue weighted by Crippen LogP contribution is -2.26. The molecule has 0 saturated heterocycles. The molecule has 2 rings (SSSR count). The number of carbonyl (C=O) groups is 2. The van der Waals surface area contributed by atoms with Crippen molar-refractivity contribution in [3.8, 4) is 17.4 Å². The smallest absolute Gasteiger partial charge is 0.338 e. The van der Waals surface area contributed by atoms with Crippen molar-refractivity contribution in [2.75, 3.05) is 27.4 Å². The second kappa shape index (κ2) is 9.94. The van der Waals surface area contributed by atoms with E-state index in [1.807, 2.05) is 6.07 Å². The molecule has 0 unspecified atom stereocenters. The van der Waals surface area contributed by atoms with Gasteiger partial charge in [-0.05, 0) is 24.6 Å². The fraction of sp³-hybridized carbons (Fsp3) is 0.250. The zero-order valence-corrected chi connectivity index (χ0v) is 15.2. The van der Waals surface area contributed by atoms with E-state index in [0.717, 1.165) is 0 Å². The van der Waals surface area contributed by atoms with Crippen molar-refractivity contribution in [3.05, 3.63) is 53.3 Å². The summed E-state index contributed by atoms with van der Waals surface area (Å²) in [5.74, 6) is -0.206. The maximum atomic E-state index is 12.1. The molecule has 1 heterocycles. The number of hydrogen-bond donors (Lipinski definition) is 1. The Hall–Kier alpha value is -3.37. The first-order chi connectivity index (χ1) is 13.1. The van der Waals surface area contributed by atoms with Gasteiger partial charge in [0.15, 0.2) is 0 Å². The van der Waals surface area contributed by atoms with Crippen molar-refractivity contribution >= 4 is 18.0 Å².